The fraction of sp³-hybridized carbons (Fsp3) is 0. The number of hydrogen-bond donors (Lipinski definition) is 0. The molecule has 0 fully saturated rings. The van der Waals surface area contributed by atoms with Crippen LogP contribution in [0.1, 0.15) is 0 Å². The van der Waals surface area contributed by atoms with Gasteiger partial charge in [-0.15, -0.1) is 0 Å². The van der Waals surface area contributed by atoms with E-state index in [-0.39, 0.29) is 0 Å². The molecule has 0 aliphatic rings. The predicted molar refractivity (Wildman–Crippen MR) is 187 cm³/mol. The Morgan fingerprint density at radius 1 is 0.370 bits per heavy atom. The van der Waals surface area contributed by atoms with E-state index < -0.39 is 0 Å². The zero-order valence-electron chi connectivity index (χ0n) is 24.7. The number of nitrogens with zero attached hydrogens (tertiary/aromatic N) is 5. The fourth-order valence-corrected chi connectivity index (χ4v) is 6.14. The standard InChI is InChI=1S/C41H25N5/c1-2-8-31-25-32(19-12-26(31)7-1)41-45-35-10-4-3-9-33(35)38(46-41)28-15-13-27(14-16-28)34-22-20-29-17-18-30-21-23-37(36-11-5-6-24-42-36)44-40(30)39(29)43-34/h1-25H. The molecule has 0 aliphatic carbocycles. The first-order chi connectivity index (χ1) is 22.8. The third-order valence-corrected chi connectivity index (χ3v) is 8.51. The summed E-state index contributed by atoms with van der Waals surface area (Å²) in [6, 6.07) is 49.8. The lowest BCUT2D eigenvalue weighted by atomic mass is 10.0. The first kappa shape index (κ1) is 26.1. The van der Waals surface area contributed by atoms with Crippen molar-refractivity contribution in [1.82, 2.24) is 24.9 Å². The molecule has 5 heteroatoms. The normalized spacial score (nSPS) is 11.5. The second kappa shape index (κ2) is 10.7. The van der Waals surface area contributed by atoms with Gasteiger partial charge in [-0.05, 0) is 47.2 Å². The molecule has 5 aromatic carbocycles. The van der Waals surface area contributed by atoms with Crippen molar-refractivity contribution in [3.63, 3.8) is 0 Å². The monoisotopic (exact) mass is 587 g/mol. The molecule has 214 valence electrons. The topological polar surface area (TPSA) is 64.5 Å². The highest BCUT2D eigenvalue weighted by atomic mass is 14.9. The minimum atomic E-state index is 0.712. The van der Waals surface area contributed by atoms with Gasteiger partial charge in [0.05, 0.1) is 39.3 Å². The lowest BCUT2D eigenvalue weighted by molar-refractivity contribution is 1.23. The second-order valence-electron chi connectivity index (χ2n) is 11.4. The molecule has 0 N–H and O–H groups in total. The summed E-state index contributed by atoms with van der Waals surface area (Å²) in [6.07, 6.45) is 1.79. The Morgan fingerprint density at radius 3 is 1.80 bits per heavy atom. The summed E-state index contributed by atoms with van der Waals surface area (Å²) in [5.74, 6) is 0.712. The van der Waals surface area contributed by atoms with E-state index >= 15 is 0 Å². The van der Waals surface area contributed by atoms with Gasteiger partial charge < -0.3 is 0 Å². The van der Waals surface area contributed by atoms with Gasteiger partial charge in [0.25, 0.3) is 0 Å². The Morgan fingerprint density at radius 2 is 1.00 bits per heavy atom. The maximum Gasteiger partial charge on any atom is 0.160 e. The zero-order valence-corrected chi connectivity index (χ0v) is 24.7. The predicted octanol–water partition coefficient (Wildman–Crippen LogP) is 9.94. The van der Waals surface area contributed by atoms with Crippen molar-refractivity contribution < 1.29 is 0 Å². The summed E-state index contributed by atoms with van der Waals surface area (Å²) < 4.78 is 0. The van der Waals surface area contributed by atoms with Crippen LogP contribution in [-0.2, 0) is 0 Å². The van der Waals surface area contributed by atoms with Gasteiger partial charge in [0.2, 0.25) is 0 Å². The number of aromatic nitrogens is 5. The average Bonchev–Trinajstić information content (AvgIpc) is 3.14. The minimum absolute atomic E-state index is 0.712. The highest BCUT2D eigenvalue weighted by Crippen LogP contribution is 2.33. The molecule has 0 bridgehead atoms. The third-order valence-electron chi connectivity index (χ3n) is 8.51. The Balaban J connectivity index is 1.13. The summed E-state index contributed by atoms with van der Waals surface area (Å²) >= 11 is 0. The molecule has 4 aromatic heterocycles. The van der Waals surface area contributed by atoms with Crippen LogP contribution in [0.25, 0.3) is 88.8 Å². The van der Waals surface area contributed by atoms with Crippen LogP contribution in [0.4, 0.5) is 0 Å². The Kier molecular flexibility index (Phi) is 6.06. The maximum atomic E-state index is 5.13. The Bertz CT molecular complexity index is 2580. The number of fused-ring (bicyclic) bond motifs is 5. The van der Waals surface area contributed by atoms with Gasteiger partial charge in [0.1, 0.15) is 0 Å². The van der Waals surface area contributed by atoms with Crippen LogP contribution in [0.5, 0.6) is 0 Å². The highest BCUT2D eigenvalue weighted by molar-refractivity contribution is 6.04. The molecule has 5 nitrogen and oxygen atoms in total. The van der Waals surface area contributed by atoms with Gasteiger partial charge >= 0.3 is 0 Å². The number of hydrogen-bond acceptors (Lipinski definition) is 5. The Hall–Kier alpha value is -6.33. The largest absolute Gasteiger partial charge is 0.255 e. The van der Waals surface area contributed by atoms with Crippen LogP contribution in [0, 0.1) is 0 Å². The highest BCUT2D eigenvalue weighted by Gasteiger charge is 2.13. The van der Waals surface area contributed by atoms with E-state index in [2.05, 4.69) is 114 Å². The van der Waals surface area contributed by atoms with Gasteiger partial charge in [-0.2, -0.15) is 0 Å². The van der Waals surface area contributed by atoms with Gasteiger partial charge in [-0.25, -0.2) is 19.9 Å². The summed E-state index contributed by atoms with van der Waals surface area (Å²) in [7, 11) is 0. The van der Waals surface area contributed by atoms with Crippen LogP contribution < -0.4 is 0 Å². The van der Waals surface area contributed by atoms with E-state index in [0.29, 0.717) is 5.82 Å². The lowest BCUT2D eigenvalue weighted by Gasteiger charge is -2.11. The molecular formula is C41H25N5. The zero-order chi connectivity index (χ0) is 30.5. The van der Waals surface area contributed by atoms with Gasteiger partial charge in [0, 0.05) is 39.0 Å². The van der Waals surface area contributed by atoms with Crippen molar-refractivity contribution in [2.75, 3.05) is 0 Å². The number of pyridine rings is 3. The molecule has 0 saturated heterocycles. The first-order valence-electron chi connectivity index (χ1n) is 15.3. The molecule has 0 atom stereocenters. The molecule has 0 amide bonds. The molecule has 0 aliphatic heterocycles. The number of rotatable bonds is 4. The number of benzene rings is 5. The molecule has 9 rings (SSSR count). The van der Waals surface area contributed by atoms with Gasteiger partial charge in [0.15, 0.2) is 5.82 Å². The van der Waals surface area contributed by atoms with E-state index in [1.165, 1.54) is 10.8 Å². The molecular weight excluding hydrogens is 562 g/mol. The third kappa shape index (κ3) is 4.54. The molecule has 0 unspecified atom stereocenters. The summed E-state index contributed by atoms with van der Waals surface area (Å²) in [5.41, 5.74) is 9.17. The van der Waals surface area contributed by atoms with E-state index in [1.54, 1.807) is 6.20 Å². The van der Waals surface area contributed by atoms with Crippen molar-refractivity contribution in [3.05, 3.63) is 152 Å². The molecule has 0 radical (unpaired) electrons. The van der Waals surface area contributed by atoms with Crippen molar-refractivity contribution in [2.24, 2.45) is 0 Å². The quantitative estimate of drug-likeness (QED) is 0.192. The van der Waals surface area contributed by atoms with Crippen molar-refractivity contribution in [2.45, 2.75) is 0 Å². The summed E-state index contributed by atoms with van der Waals surface area (Å²) in [6.45, 7) is 0. The van der Waals surface area contributed by atoms with Gasteiger partial charge in [-0.1, -0.05) is 109 Å². The van der Waals surface area contributed by atoms with Crippen LogP contribution >= 0.6 is 0 Å². The van der Waals surface area contributed by atoms with Gasteiger partial charge in [-0.3, -0.25) is 4.98 Å². The van der Waals surface area contributed by atoms with Crippen LogP contribution in [0.2, 0.25) is 0 Å². The average molecular weight is 588 g/mol. The molecule has 46 heavy (non-hydrogen) atoms. The fourth-order valence-electron chi connectivity index (χ4n) is 6.14. The summed E-state index contributed by atoms with van der Waals surface area (Å²) in [5, 5.41) is 5.48. The molecule has 4 heterocycles. The van der Waals surface area contributed by atoms with Crippen LogP contribution in [0.3, 0.4) is 0 Å². The smallest absolute Gasteiger partial charge is 0.160 e. The van der Waals surface area contributed by atoms with Crippen LogP contribution in [0.15, 0.2) is 152 Å². The lowest BCUT2D eigenvalue weighted by Crippen LogP contribution is -1.95. The molecule has 0 saturated carbocycles. The number of para-hydroxylation sites is 1. The Labute approximate surface area is 264 Å². The van der Waals surface area contributed by atoms with E-state index in [0.717, 1.165) is 72.2 Å². The first-order valence-corrected chi connectivity index (χ1v) is 15.3. The van der Waals surface area contributed by atoms with E-state index in [9.17, 15) is 0 Å². The molecule has 0 spiro atoms. The van der Waals surface area contributed by atoms with Crippen molar-refractivity contribution >= 4 is 43.5 Å². The maximum absolute atomic E-state index is 5.13. The van der Waals surface area contributed by atoms with E-state index in [1.807, 2.05) is 36.4 Å². The van der Waals surface area contributed by atoms with Crippen molar-refractivity contribution in [1.29, 1.82) is 0 Å². The second-order valence-corrected chi connectivity index (χ2v) is 11.4. The summed E-state index contributed by atoms with van der Waals surface area (Å²) in [4.78, 5) is 24.7. The van der Waals surface area contributed by atoms with Crippen molar-refractivity contribution in [3.8, 4) is 45.3 Å². The van der Waals surface area contributed by atoms with Crippen LogP contribution in [-0.4, -0.2) is 24.9 Å². The SMILES string of the molecule is c1ccc(-c2ccc3ccc4ccc(-c5ccc(-c6nc(-c7ccc8ccccc8c7)nc7ccccc67)cc5)nc4c3n2)nc1. The molecule has 9 aromatic rings. The van der Waals surface area contributed by atoms with E-state index in [4.69, 9.17) is 19.9 Å². The minimum Gasteiger partial charge on any atom is -0.255 e.